The Morgan fingerprint density at radius 3 is 2.70 bits per heavy atom. The lowest BCUT2D eigenvalue weighted by atomic mass is 10.2. The highest BCUT2D eigenvalue weighted by atomic mass is 127. The quantitative estimate of drug-likeness (QED) is 0.392. The third kappa shape index (κ3) is 3.65. The van der Waals surface area contributed by atoms with Crippen LogP contribution in [0, 0.1) is 0 Å². The summed E-state index contributed by atoms with van der Waals surface area (Å²) in [6, 6.07) is -0.505. The molecule has 0 spiro atoms. The minimum atomic E-state index is -0.505. The van der Waals surface area contributed by atoms with Crippen LogP contribution in [0.3, 0.4) is 0 Å². The Balaban J connectivity index is 3.71. The Kier molecular flexibility index (Phi) is 5.27. The van der Waals surface area contributed by atoms with Crippen molar-refractivity contribution in [3.05, 3.63) is 0 Å². The smallest absolute Gasteiger partial charge is 0.240 e. The molecule has 0 aromatic rings. The van der Waals surface area contributed by atoms with Gasteiger partial charge in [0.1, 0.15) is 6.04 Å². The van der Waals surface area contributed by atoms with Gasteiger partial charge in [-0.3, -0.25) is 9.59 Å². The van der Waals surface area contributed by atoms with Gasteiger partial charge in [-0.15, -0.1) is 0 Å². The van der Waals surface area contributed by atoms with E-state index in [1.54, 1.807) is 0 Å². The number of carbonyl (C=O) groups is 2. The first-order valence-corrected chi connectivity index (χ1v) is 4.30. The average molecular weight is 256 g/mol. The van der Waals surface area contributed by atoms with Crippen molar-refractivity contribution in [3.63, 3.8) is 0 Å². The molecule has 0 saturated carbocycles. The molecule has 3 N–H and O–H groups in total. The second kappa shape index (κ2) is 5.45. The van der Waals surface area contributed by atoms with E-state index in [0.717, 1.165) is 4.43 Å². The van der Waals surface area contributed by atoms with Crippen LogP contribution in [0.25, 0.3) is 0 Å². The molecule has 0 radical (unpaired) electrons. The van der Waals surface area contributed by atoms with Gasteiger partial charge in [0.05, 0.1) is 0 Å². The minimum absolute atomic E-state index is 0.483. The van der Waals surface area contributed by atoms with E-state index in [0.29, 0.717) is 12.8 Å². The van der Waals surface area contributed by atoms with Gasteiger partial charge in [-0.05, 0) is 6.42 Å². The van der Waals surface area contributed by atoms with E-state index in [2.05, 4.69) is 27.9 Å². The molecule has 0 saturated heterocycles. The first-order chi connectivity index (χ1) is 4.72. The number of hydrogen-bond donors (Lipinski definition) is 2. The molecule has 1 unspecified atom stereocenters. The molecular weight excluding hydrogens is 247 g/mol. The molecule has 2 amide bonds. The van der Waals surface area contributed by atoms with Gasteiger partial charge < -0.3 is 11.1 Å². The summed E-state index contributed by atoms with van der Waals surface area (Å²) in [5.41, 5.74) is 4.95. The average Bonchev–Trinajstić information content (AvgIpc) is 1.87. The number of rotatable bonds is 5. The number of nitrogens with one attached hydrogen (secondary N) is 1. The zero-order valence-corrected chi connectivity index (χ0v) is 7.50. The van der Waals surface area contributed by atoms with Crippen LogP contribution in [0.2, 0.25) is 0 Å². The van der Waals surface area contributed by atoms with Gasteiger partial charge in [0, 0.05) is 4.43 Å². The molecule has 0 aliphatic heterocycles. The fraction of sp³-hybridized carbons (Fsp3) is 0.600. The third-order valence-electron chi connectivity index (χ3n) is 1.01. The maximum absolute atomic E-state index is 10.5. The Bertz CT molecular complexity index is 129. The van der Waals surface area contributed by atoms with Crippen molar-refractivity contribution in [2.75, 3.05) is 4.43 Å². The lowest BCUT2D eigenvalue weighted by molar-refractivity contribution is -0.122. The summed E-state index contributed by atoms with van der Waals surface area (Å²) in [4.78, 5) is 20.4. The largest absolute Gasteiger partial charge is 0.368 e. The number of alkyl halides is 1. The molecule has 0 heterocycles. The van der Waals surface area contributed by atoms with E-state index in [4.69, 9.17) is 5.73 Å². The lowest BCUT2D eigenvalue weighted by Gasteiger charge is -2.08. The van der Waals surface area contributed by atoms with Crippen molar-refractivity contribution in [2.24, 2.45) is 5.73 Å². The number of hydrogen-bond acceptors (Lipinski definition) is 2. The van der Waals surface area contributed by atoms with Gasteiger partial charge in [-0.1, -0.05) is 22.6 Å². The second-order valence-corrected chi connectivity index (χ2v) is 2.80. The minimum Gasteiger partial charge on any atom is -0.368 e. The van der Waals surface area contributed by atoms with Crippen LogP contribution in [0.4, 0.5) is 0 Å². The zero-order chi connectivity index (χ0) is 7.98. The number of primary amides is 1. The first-order valence-electron chi connectivity index (χ1n) is 2.77. The Labute approximate surface area is 72.7 Å². The normalized spacial score (nSPS) is 12.1. The van der Waals surface area contributed by atoms with E-state index < -0.39 is 11.9 Å². The molecule has 0 fully saturated rings. The second-order valence-electron chi connectivity index (χ2n) is 1.72. The summed E-state index contributed by atoms with van der Waals surface area (Å²) in [7, 11) is 0. The van der Waals surface area contributed by atoms with Crippen LogP contribution in [0.15, 0.2) is 0 Å². The van der Waals surface area contributed by atoms with Gasteiger partial charge in [-0.25, -0.2) is 0 Å². The summed E-state index contributed by atoms with van der Waals surface area (Å²) < 4.78 is 0.798. The monoisotopic (exact) mass is 256 g/mol. The van der Waals surface area contributed by atoms with Gasteiger partial charge >= 0.3 is 0 Å². The van der Waals surface area contributed by atoms with Crippen molar-refractivity contribution < 1.29 is 9.59 Å². The summed E-state index contributed by atoms with van der Waals surface area (Å²) in [5, 5.41) is 2.32. The third-order valence-corrected chi connectivity index (χ3v) is 1.63. The molecule has 4 nitrogen and oxygen atoms in total. The van der Waals surface area contributed by atoms with Crippen LogP contribution in [-0.2, 0) is 9.59 Å². The van der Waals surface area contributed by atoms with Gasteiger partial charge in [0.15, 0.2) is 0 Å². The summed E-state index contributed by atoms with van der Waals surface area (Å²) in [6.45, 7) is 0. The number of carbonyl (C=O) groups excluding carboxylic acids is 2. The topological polar surface area (TPSA) is 72.2 Å². The molecule has 0 aromatic carbocycles. The Morgan fingerprint density at radius 1 is 1.80 bits per heavy atom. The van der Waals surface area contributed by atoms with E-state index in [-0.39, 0.29) is 0 Å². The van der Waals surface area contributed by atoms with Crippen LogP contribution < -0.4 is 11.1 Å². The van der Waals surface area contributed by atoms with Crippen LogP contribution in [0.5, 0.6) is 0 Å². The van der Waals surface area contributed by atoms with Gasteiger partial charge in [0.2, 0.25) is 12.3 Å². The highest BCUT2D eigenvalue weighted by Crippen LogP contribution is 1.94. The van der Waals surface area contributed by atoms with E-state index in [1.807, 2.05) is 0 Å². The van der Waals surface area contributed by atoms with Gasteiger partial charge in [-0.2, -0.15) is 0 Å². The molecule has 0 aliphatic carbocycles. The fourth-order valence-corrected chi connectivity index (χ4v) is 1.12. The molecule has 0 aliphatic rings. The first kappa shape index (κ1) is 9.67. The molecule has 10 heavy (non-hydrogen) atoms. The molecule has 0 aromatic heterocycles. The number of nitrogens with two attached hydrogens (primary N) is 1. The summed E-state index contributed by atoms with van der Waals surface area (Å²) in [5.74, 6) is -0.483. The zero-order valence-electron chi connectivity index (χ0n) is 5.34. The Hall–Kier alpha value is -0.330. The van der Waals surface area contributed by atoms with Crippen molar-refractivity contribution >= 4 is 34.9 Å². The molecule has 0 rings (SSSR count). The predicted molar refractivity (Wildman–Crippen MR) is 45.7 cm³/mol. The van der Waals surface area contributed by atoms with E-state index >= 15 is 0 Å². The Morgan fingerprint density at radius 2 is 2.40 bits per heavy atom. The van der Waals surface area contributed by atoms with Gasteiger partial charge in [0.25, 0.3) is 0 Å². The standard InChI is InChI=1S/C5H9IN2O2/c6-2-1-4(5(7)10)8-3-9/h3-4H,1-2H2,(H2,7,10)(H,8,9). The predicted octanol–water partition coefficient (Wildman–Crippen LogP) is -0.589. The lowest BCUT2D eigenvalue weighted by Crippen LogP contribution is -2.40. The maximum atomic E-state index is 10.5. The van der Waals surface area contributed by atoms with Crippen LogP contribution in [0.1, 0.15) is 6.42 Å². The number of halogens is 1. The van der Waals surface area contributed by atoms with Crippen molar-refractivity contribution in [1.29, 1.82) is 0 Å². The van der Waals surface area contributed by atoms with Crippen molar-refractivity contribution in [1.82, 2.24) is 5.32 Å². The molecule has 0 bridgehead atoms. The van der Waals surface area contributed by atoms with E-state index in [1.165, 1.54) is 0 Å². The maximum Gasteiger partial charge on any atom is 0.240 e. The van der Waals surface area contributed by atoms with E-state index in [9.17, 15) is 9.59 Å². The summed E-state index contributed by atoms with van der Waals surface area (Å²) >= 11 is 2.11. The van der Waals surface area contributed by atoms with Crippen LogP contribution in [-0.4, -0.2) is 22.8 Å². The molecule has 1 atom stereocenters. The molecule has 5 heteroatoms. The van der Waals surface area contributed by atoms with Crippen molar-refractivity contribution in [2.45, 2.75) is 12.5 Å². The fourth-order valence-electron chi connectivity index (χ4n) is 0.499. The molecular formula is C5H9IN2O2. The summed E-state index contributed by atoms with van der Waals surface area (Å²) in [6.07, 6.45) is 1.08. The highest BCUT2D eigenvalue weighted by molar-refractivity contribution is 14.1. The highest BCUT2D eigenvalue weighted by Gasteiger charge is 2.11. The number of amides is 2. The SMILES string of the molecule is NC(=O)C(CCI)NC=O. The molecule has 58 valence electrons. The van der Waals surface area contributed by atoms with Crippen molar-refractivity contribution in [3.8, 4) is 0 Å². The van der Waals surface area contributed by atoms with Crippen LogP contribution >= 0.6 is 22.6 Å².